The fourth-order valence-electron chi connectivity index (χ4n) is 7.14. The normalized spacial score (nSPS) is 28.9. The lowest BCUT2D eigenvalue weighted by molar-refractivity contribution is -0.0172. The van der Waals surface area contributed by atoms with Crippen molar-refractivity contribution in [3.63, 3.8) is 0 Å². The summed E-state index contributed by atoms with van der Waals surface area (Å²) in [6.45, 7) is 0. The molecular weight excluding hydrogens is 428 g/mol. The van der Waals surface area contributed by atoms with Crippen LogP contribution in [0.5, 0.6) is 0 Å². The molecule has 0 saturated heterocycles. The minimum Gasteiger partial charge on any atom is -0.384 e. The molecule has 3 aliphatic rings. The van der Waals surface area contributed by atoms with Crippen LogP contribution in [-0.2, 0) is 5.60 Å². The highest BCUT2D eigenvalue weighted by Gasteiger charge is 2.58. The van der Waals surface area contributed by atoms with Crippen molar-refractivity contribution in [3.05, 3.63) is 121 Å². The van der Waals surface area contributed by atoms with Crippen molar-refractivity contribution in [2.24, 2.45) is 23.7 Å². The molecule has 8 rings (SSSR count). The average molecular weight is 453 g/mol. The number of hydrogen-bond donors (Lipinski definition) is 1. The Morgan fingerprint density at radius 1 is 0.657 bits per heavy atom. The average Bonchev–Trinajstić information content (AvgIpc) is 3.44. The van der Waals surface area contributed by atoms with Gasteiger partial charge in [-0.1, -0.05) is 97.1 Å². The zero-order valence-electron chi connectivity index (χ0n) is 19.1. The van der Waals surface area contributed by atoms with Gasteiger partial charge in [0.15, 0.2) is 0 Å². The standard InChI is InChI=1S/C32H24N2O/c35-32(24-14-4-1-10-20(24)21-11-2-5-15-25(21)32)26-16-9-13-23-30(26)22-12-3-7-18-28(22)34-29-19-8-6-17-27(29)33-31(23)34/h1-21,24-25,35H. The van der Waals surface area contributed by atoms with Gasteiger partial charge in [0.05, 0.1) is 16.6 Å². The van der Waals surface area contributed by atoms with E-state index >= 15 is 0 Å². The number of rotatable bonds is 1. The number of allylic oxidation sites excluding steroid dienone is 6. The molecule has 5 aromatic rings. The third kappa shape index (κ3) is 2.36. The van der Waals surface area contributed by atoms with Crippen molar-refractivity contribution in [2.75, 3.05) is 0 Å². The van der Waals surface area contributed by atoms with Gasteiger partial charge in [0, 0.05) is 28.0 Å². The van der Waals surface area contributed by atoms with Gasteiger partial charge in [-0.15, -0.1) is 0 Å². The lowest BCUT2D eigenvalue weighted by atomic mass is 9.73. The summed E-state index contributed by atoms with van der Waals surface area (Å²) in [5.74, 6) is 0.564. The summed E-state index contributed by atoms with van der Waals surface area (Å²) < 4.78 is 2.27. The number of hydrogen-bond acceptors (Lipinski definition) is 2. The zero-order valence-corrected chi connectivity index (χ0v) is 19.1. The molecule has 0 spiro atoms. The van der Waals surface area contributed by atoms with Crippen LogP contribution in [0.4, 0.5) is 0 Å². The van der Waals surface area contributed by atoms with E-state index in [0.29, 0.717) is 0 Å². The Morgan fingerprint density at radius 2 is 1.29 bits per heavy atom. The first-order chi connectivity index (χ1) is 17.3. The monoisotopic (exact) mass is 452 g/mol. The van der Waals surface area contributed by atoms with E-state index in [9.17, 15) is 5.11 Å². The van der Waals surface area contributed by atoms with Gasteiger partial charge in [-0.05, 0) is 35.6 Å². The van der Waals surface area contributed by atoms with E-state index in [1.165, 1.54) is 0 Å². The molecule has 0 amide bonds. The van der Waals surface area contributed by atoms with Crippen LogP contribution >= 0.6 is 0 Å². The largest absolute Gasteiger partial charge is 0.384 e. The molecule has 1 saturated carbocycles. The highest BCUT2D eigenvalue weighted by atomic mass is 16.3. The van der Waals surface area contributed by atoms with E-state index in [4.69, 9.17) is 4.98 Å². The third-order valence-electron chi connectivity index (χ3n) is 8.53. The summed E-state index contributed by atoms with van der Waals surface area (Å²) in [5, 5.41) is 16.2. The Balaban J connectivity index is 1.54. The van der Waals surface area contributed by atoms with Gasteiger partial charge in [-0.25, -0.2) is 4.98 Å². The summed E-state index contributed by atoms with van der Waals surface area (Å²) >= 11 is 0. The fourth-order valence-corrected chi connectivity index (χ4v) is 7.14. The quantitative estimate of drug-likeness (QED) is 0.287. The summed E-state index contributed by atoms with van der Waals surface area (Å²) in [4.78, 5) is 5.08. The van der Waals surface area contributed by atoms with E-state index in [2.05, 4.69) is 114 Å². The molecule has 0 aliphatic heterocycles. The molecule has 168 valence electrons. The van der Waals surface area contributed by atoms with Gasteiger partial charge in [-0.3, -0.25) is 4.40 Å². The molecule has 3 aliphatic carbocycles. The molecule has 3 heteroatoms. The number of fused-ring (bicyclic) bond motifs is 11. The maximum Gasteiger partial charge on any atom is 0.146 e. The van der Waals surface area contributed by atoms with Gasteiger partial charge in [0.2, 0.25) is 0 Å². The Morgan fingerprint density at radius 3 is 2.06 bits per heavy atom. The number of para-hydroxylation sites is 3. The van der Waals surface area contributed by atoms with Crippen molar-refractivity contribution in [3.8, 4) is 0 Å². The Kier molecular flexibility index (Phi) is 3.76. The van der Waals surface area contributed by atoms with Gasteiger partial charge in [-0.2, -0.15) is 0 Å². The molecule has 2 aromatic heterocycles. The molecule has 3 aromatic carbocycles. The van der Waals surface area contributed by atoms with Gasteiger partial charge < -0.3 is 5.11 Å². The summed E-state index contributed by atoms with van der Waals surface area (Å²) in [7, 11) is 0. The topological polar surface area (TPSA) is 37.5 Å². The Labute approximate surface area is 203 Å². The van der Waals surface area contributed by atoms with E-state index in [1.807, 2.05) is 6.07 Å². The SMILES string of the molecule is OC1(c2cccc3c2c2ccccc2n2c4ccccc4nc32)C2C=CC=CC2C2C=CC=CC21. The minimum atomic E-state index is -1.02. The van der Waals surface area contributed by atoms with Crippen LogP contribution < -0.4 is 0 Å². The van der Waals surface area contributed by atoms with Gasteiger partial charge in [0.25, 0.3) is 0 Å². The second-order valence-corrected chi connectivity index (χ2v) is 10.1. The van der Waals surface area contributed by atoms with Crippen LogP contribution in [0.2, 0.25) is 0 Å². The lowest BCUT2D eigenvalue weighted by Gasteiger charge is -2.36. The highest BCUT2D eigenvalue weighted by Crippen LogP contribution is 2.59. The number of benzene rings is 3. The molecule has 1 N–H and O–H groups in total. The Hall–Kier alpha value is -3.95. The molecule has 3 nitrogen and oxygen atoms in total. The first-order valence-corrected chi connectivity index (χ1v) is 12.4. The number of imidazole rings is 1. The van der Waals surface area contributed by atoms with Gasteiger partial charge >= 0.3 is 0 Å². The summed E-state index contributed by atoms with van der Waals surface area (Å²) in [6.07, 6.45) is 17.5. The molecule has 0 radical (unpaired) electrons. The number of aliphatic hydroxyl groups is 1. The maximum atomic E-state index is 12.8. The Bertz CT molecular complexity index is 1770. The molecule has 4 atom stereocenters. The number of aromatic nitrogens is 2. The molecule has 35 heavy (non-hydrogen) atoms. The van der Waals surface area contributed by atoms with Crippen LogP contribution in [0.25, 0.3) is 38.4 Å². The van der Waals surface area contributed by atoms with Crippen LogP contribution in [0.3, 0.4) is 0 Å². The van der Waals surface area contributed by atoms with Crippen LogP contribution in [-0.4, -0.2) is 14.5 Å². The zero-order chi connectivity index (χ0) is 23.1. The van der Waals surface area contributed by atoms with Crippen molar-refractivity contribution >= 4 is 38.4 Å². The number of pyridine rings is 1. The molecular formula is C32H24N2O. The van der Waals surface area contributed by atoms with E-state index in [-0.39, 0.29) is 23.7 Å². The lowest BCUT2D eigenvalue weighted by Crippen LogP contribution is -2.37. The minimum absolute atomic E-state index is 0.00862. The van der Waals surface area contributed by atoms with Crippen LogP contribution in [0.15, 0.2) is 115 Å². The molecule has 1 fully saturated rings. The number of nitrogens with zero attached hydrogens (tertiary/aromatic N) is 2. The molecule has 4 unspecified atom stereocenters. The third-order valence-corrected chi connectivity index (χ3v) is 8.53. The van der Waals surface area contributed by atoms with Crippen molar-refractivity contribution in [1.29, 1.82) is 0 Å². The van der Waals surface area contributed by atoms with Crippen LogP contribution in [0.1, 0.15) is 5.56 Å². The summed E-state index contributed by atoms with van der Waals surface area (Å²) in [5.41, 5.74) is 4.12. The van der Waals surface area contributed by atoms with Crippen LogP contribution in [0, 0.1) is 23.7 Å². The second kappa shape index (κ2) is 6.80. The highest BCUT2D eigenvalue weighted by molar-refractivity contribution is 6.15. The van der Waals surface area contributed by atoms with Gasteiger partial charge in [0.1, 0.15) is 11.2 Å². The molecule has 2 heterocycles. The second-order valence-electron chi connectivity index (χ2n) is 10.1. The van der Waals surface area contributed by atoms with E-state index in [1.54, 1.807) is 0 Å². The predicted octanol–water partition coefficient (Wildman–Crippen LogP) is 6.71. The van der Waals surface area contributed by atoms with Crippen molar-refractivity contribution < 1.29 is 5.11 Å². The smallest absolute Gasteiger partial charge is 0.146 e. The summed E-state index contributed by atoms with van der Waals surface area (Å²) in [6, 6.07) is 23.3. The first kappa shape index (κ1) is 19.4. The van der Waals surface area contributed by atoms with Crippen molar-refractivity contribution in [2.45, 2.75) is 5.60 Å². The maximum absolute atomic E-state index is 12.8. The van der Waals surface area contributed by atoms with E-state index in [0.717, 1.165) is 43.9 Å². The fraction of sp³-hybridized carbons (Fsp3) is 0.156. The van der Waals surface area contributed by atoms with E-state index < -0.39 is 5.60 Å². The first-order valence-electron chi connectivity index (χ1n) is 12.4. The predicted molar refractivity (Wildman–Crippen MR) is 142 cm³/mol. The molecule has 0 bridgehead atoms. The van der Waals surface area contributed by atoms with Crippen molar-refractivity contribution in [1.82, 2.24) is 9.38 Å².